The van der Waals surface area contributed by atoms with Crippen LogP contribution in [0, 0.1) is 17.2 Å². The van der Waals surface area contributed by atoms with Gasteiger partial charge < -0.3 is 129 Å². The Balaban J connectivity index is 2.36. The molecule has 0 aromatic rings. The summed E-state index contributed by atoms with van der Waals surface area (Å²) in [5, 5.41) is 59.5. The highest BCUT2D eigenvalue weighted by Crippen LogP contribution is 2.24. The van der Waals surface area contributed by atoms with Crippen molar-refractivity contribution in [3.05, 3.63) is 0 Å². The van der Waals surface area contributed by atoms with E-state index in [1.165, 1.54) is 37.5 Å². The van der Waals surface area contributed by atoms with Crippen molar-refractivity contribution < 1.29 is 96.5 Å². The van der Waals surface area contributed by atoms with Crippen LogP contribution in [0.4, 0.5) is 0 Å². The Morgan fingerprint density at radius 2 is 0.719 bits per heavy atom. The minimum absolute atomic E-state index is 0.00206. The van der Waals surface area contributed by atoms with Crippen LogP contribution < -0.4 is 109 Å². The first kappa shape index (κ1) is 99.6. The molecule has 43 nitrogen and oxygen atoms in total. The summed E-state index contributed by atoms with van der Waals surface area (Å²) < 4.78 is 0. The highest BCUT2D eigenvalue weighted by Gasteiger charge is 2.43. The molecule has 15 atom stereocenters. The van der Waals surface area contributed by atoms with Gasteiger partial charge in [0, 0.05) is 38.9 Å². The number of likely N-dealkylation sites (tertiary alicyclic amines) is 2. The minimum Gasteiger partial charge on any atom is -0.481 e. The Hall–Kier alpha value is -10.4. The van der Waals surface area contributed by atoms with Crippen LogP contribution in [0.1, 0.15) is 190 Å². The molecular weight excluding hydrogens is 1490 g/mol. The van der Waals surface area contributed by atoms with Gasteiger partial charge in [-0.15, -0.1) is 0 Å². The predicted octanol–water partition coefficient (Wildman–Crippen LogP) is -7.36. The van der Waals surface area contributed by atoms with Crippen molar-refractivity contribution >= 4 is 112 Å². The van der Waals surface area contributed by atoms with Crippen molar-refractivity contribution in [1.29, 1.82) is 5.41 Å². The molecule has 2 heterocycles. The summed E-state index contributed by atoms with van der Waals surface area (Å²) in [7, 11) is 0. The van der Waals surface area contributed by atoms with E-state index < -0.39 is 228 Å². The Kier molecular flexibility index (Phi) is 44.9. The molecule has 30 N–H and O–H groups in total. The molecule has 0 unspecified atom stereocenters. The summed E-state index contributed by atoms with van der Waals surface area (Å²) in [6.07, 6.45) is 0.963. The van der Waals surface area contributed by atoms with Gasteiger partial charge in [0.05, 0.1) is 6.04 Å². The normalized spacial score (nSPS) is 17.3. The average Bonchev–Trinajstić information content (AvgIpc) is 1.64. The SMILES string of the molecule is CC(C)[C@H](NC(=O)[C@H](CCCCN)NC(=O)[C@H](CCCNC(=N)N)NC(=O)[C@@H]1CCCN1C(=O)[C@H](CCCCN)NC(=O)[C@H](C)NC(=O)[C@H](CCC(N)=O)NC(=O)[C@@H]1CCCN1C(=O)[C@@H](NC(=O)[C@H](C)NC(=O)[C@H](CCC(=O)O)NC(=O)[C@@H](N)CCCCN)C(C)C)C(=O)N[C@@H](C)C(=O)N[C@@H](C)C(=O)N[C@@H](CCC(N)=O)C(=O)O. The highest BCUT2D eigenvalue weighted by atomic mass is 16.4. The predicted molar refractivity (Wildman–Crippen MR) is 412 cm³/mol. The molecule has 2 fully saturated rings. The van der Waals surface area contributed by atoms with Gasteiger partial charge in [0.15, 0.2) is 5.96 Å². The van der Waals surface area contributed by atoms with Gasteiger partial charge in [-0.1, -0.05) is 34.1 Å². The number of hydrogen-bond acceptors (Lipinski definition) is 23. The van der Waals surface area contributed by atoms with Crippen LogP contribution in [-0.4, -0.2) is 262 Å². The van der Waals surface area contributed by atoms with E-state index in [0.29, 0.717) is 32.2 Å². The number of amides is 16. The monoisotopic (exact) mass is 1620 g/mol. The molecule has 0 radical (unpaired) electrons. The van der Waals surface area contributed by atoms with Gasteiger partial charge in [-0.2, -0.15) is 0 Å². The van der Waals surface area contributed by atoms with Crippen molar-refractivity contribution in [2.45, 2.75) is 281 Å². The number of hydrogen-bond donors (Lipinski definition) is 23. The van der Waals surface area contributed by atoms with Gasteiger partial charge in [0.2, 0.25) is 94.5 Å². The van der Waals surface area contributed by atoms with Crippen molar-refractivity contribution in [3.63, 3.8) is 0 Å². The van der Waals surface area contributed by atoms with E-state index in [-0.39, 0.29) is 129 Å². The first-order chi connectivity index (χ1) is 53.6. The zero-order valence-electron chi connectivity index (χ0n) is 66.6. The third-order valence-corrected chi connectivity index (χ3v) is 19.1. The second kappa shape index (κ2) is 51.3. The first-order valence-electron chi connectivity index (χ1n) is 38.8. The molecule has 0 aromatic carbocycles. The second-order valence-corrected chi connectivity index (χ2v) is 29.4. The van der Waals surface area contributed by atoms with Crippen LogP contribution >= 0.6 is 0 Å². The third kappa shape index (κ3) is 35.3. The number of nitrogens with zero attached hydrogens (tertiary/aromatic N) is 2. The van der Waals surface area contributed by atoms with Crippen LogP contribution in [-0.2, 0) is 86.3 Å². The molecule has 2 aliphatic rings. The van der Waals surface area contributed by atoms with Crippen molar-refractivity contribution in [1.82, 2.24) is 78.9 Å². The molecule has 114 heavy (non-hydrogen) atoms. The molecule has 0 aromatic heterocycles. The maximum atomic E-state index is 14.8. The maximum absolute atomic E-state index is 14.8. The van der Waals surface area contributed by atoms with Crippen LogP contribution in [0.25, 0.3) is 0 Å². The molecule has 0 spiro atoms. The lowest BCUT2D eigenvalue weighted by Crippen LogP contribution is -2.61. The summed E-state index contributed by atoms with van der Waals surface area (Å²) in [6.45, 7) is 12.3. The molecule has 0 aliphatic carbocycles. The quantitative estimate of drug-likeness (QED) is 0.0153. The Morgan fingerprint density at radius 1 is 0.377 bits per heavy atom. The zero-order chi connectivity index (χ0) is 86.2. The minimum atomic E-state index is -1.55. The number of carbonyl (C=O) groups is 18. The average molecular weight is 1620 g/mol. The molecule has 2 saturated heterocycles. The lowest BCUT2D eigenvalue weighted by Gasteiger charge is -2.32. The molecule has 16 amide bonds. The van der Waals surface area contributed by atoms with Gasteiger partial charge >= 0.3 is 11.9 Å². The molecule has 2 rings (SSSR count). The van der Waals surface area contributed by atoms with Crippen LogP contribution in [0.5, 0.6) is 0 Å². The Bertz CT molecular complexity index is 3330. The van der Waals surface area contributed by atoms with Gasteiger partial charge in [-0.05, 0) is 168 Å². The van der Waals surface area contributed by atoms with E-state index in [9.17, 15) is 96.5 Å². The molecule has 644 valence electrons. The lowest BCUT2D eigenvalue weighted by molar-refractivity contribution is -0.143. The third-order valence-electron chi connectivity index (χ3n) is 19.1. The number of nitrogens with two attached hydrogens (primary N) is 7. The summed E-state index contributed by atoms with van der Waals surface area (Å²) in [5.41, 5.74) is 39.3. The summed E-state index contributed by atoms with van der Waals surface area (Å²) in [6, 6.07) is -20.2. The summed E-state index contributed by atoms with van der Waals surface area (Å²) in [4.78, 5) is 244. The number of primary amides is 2. The zero-order valence-corrected chi connectivity index (χ0v) is 66.6. The highest BCUT2D eigenvalue weighted by molar-refractivity contribution is 6.01. The molecule has 0 saturated carbocycles. The number of nitrogens with one attached hydrogen (secondary N) is 14. The van der Waals surface area contributed by atoms with E-state index in [1.807, 2.05) is 0 Å². The largest absolute Gasteiger partial charge is 0.481 e. The van der Waals surface area contributed by atoms with E-state index in [1.54, 1.807) is 27.7 Å². The Morgan fingerprint density at radius 3 is 1.18 bits per heavy atom. The second-order valence-electron chi connectivity index (χ2n) is 29.4. The number of carboxylic acid groups (broad SMARTS) is 2. The van der Waals surface area contributed by atoms with Gasteiger partial charge in [0.25, 0.3) is 0 Å². The number of carbonyl (C=O) groups excluding carboxylic acids is 16. The van der Waals surface area contributed by atoms with Gasteiger partial charge in [0.1, 0.15) is 84.6 Å². The fourth-order valence-electron chi connectivity index (χ4n) is 12.4. The van der Waals surface area contributed by atoms with Crippen molar-refractivity contribution in [2.75, 3.05) is 39.3 Å². The van der Waals surface area contributed by atoms with Crippen LogP contribution in [0.2, 0.25) is 0 Å². The van der Waals surface area contributed by atoms with E-state index in [4.69, 9.17) is 45.5 Å². The fourth-order valence-corrected chi connectivity index (χ4v) is 12.4. The van der Waals surface area contributed by atoms with E-state index in [2.05, 4.69) is 69.1 Å². The smallest absolute Gasteiger partial charge is 0.326 e. The number of rotatable bonds is 54. The van der Waals surface area contributed by atoms with Gasteiger partial charge in [-0.3, -0.25) is 86.9 Å². The topological polar surface area (TPSA) is 717 Å². The first-order valence-corrected chi connectivity index (χ1v) is 38.8. The van der Waals surface area contributed by atoms with Gasteiger partial charge in [-0.25, -0.2) is 4.79 Å². The molecular formula is C71H125N23O20. The van der Waals surface area contributed by atoms with E-state index >= 15 is 0 Å². The van der Waals surface area contributed by atoms with E-state index in [0.717, 1.165) is 0 Å². The van der Waals surface area contributed by atoms with Crippen molar-refractivity contribution in [2.24, 2.45) is 52.0 Å². The lowest BCUT2D eigenvalue weighted by atomic mass is 10.0. The standard InChI is InChI=1S/C71H125N23O20/c1-36(2)54(67(110)84-38(5)56(99)81-39(6)58(101)90-48(70(113)114)25-28-52(77)96)91-64(107)43(19-10-13-31-73)86-63(106)44(21-15-33-80-71(78)79)87-65(108)49-22-16-34-93(49)68(111)47(20-11-14-32-74)89-57(100)40(7)82-61(104)45(24-27-51(76)95)88-66(109)50-23-17-35-94(50)69(112)55(37(3)4)92-59(102)41(8)83-62(105)46(26-29-53(97)98)85-60(103)42(75)18-9-12-30-72/h36-50,54-55H,9-35,72-75H2,1-8H3,(H2,76,95)(H2,77,96)(H,81,99)(H,82,104)(H,83,105)(H,84,110)(H,85,103)(H,86,106)(H,87,108)(H,88,109)(H,89,100)(H,90,101)(H,91,107)(H,92,102)(H,97,98)(H,113,114)(H4,78,79,80)/t38-,39-,40-,41-,42-,43-,44-,45-,46-,47-,48-,49-,50-,54-,55-/m0/s1. The number of guanidine groups is 1. The van der Waals surface area contributed by atoms with Crippen LogP contribution in [0.15, 0.2) is 0 Å². The number of aliphatic carboxylic acids is 2. The molecule has 0 bridgehead atoms. The fraction of sp³-hybridized carbons (Fsp3) is 0.732. The summed E-state index contributed by atoms with van der Waals surface area (Å²) >= 11 is 0. The van der Waals surface area contributed by atoms with Crippen molar-refractivity contribution in [3.8, 4) is 0 Å². The number of unbranched alkanes of at least 4 members (excludes halogenated alkanes) is 3. The molecule has 2 aliphatic heterocycles. The summed E-state index contributed by atoms with van der Waals surface area (Å²) in [5.74, 6) is -17.9. The number of carboxylic acids is 2. The Labute approximate surface area is 663 Å². The molecule has 43 heteroatoms. The van der Waals surface area contributed by atoms with Crippen LogP contribution in [0.3, 0.4) is 0 Å². The maximum Gasteiger partial charge on any atom is 0.326 e.